The van der Waals surface area contributed by atoms with E-state index in [1.165, 1.54) is 35.9 Å². The lowest BCUT2D eigenvalue weighted by molar-refractivity contribution is -0.141. The van der Waals surface area contributed by atoms with E-state index in [1.807, 2.05) is 0 Å². The van der Waals surface area contributed by atoms with E-state index < -0.39 is 24.3 Å². The van der Waals surface area contributed by atoms with Gasteiger partial charge in [0, 0.05) is 5.02 Å². The Labute approximate surface area is 172 Å². The zero-order chi connectivity index (χ0) is 20.3. The van der Waals surface area contributed by atoms with Crippen molar-refractivity contribution in [3.05, 3.63) is 57.1 Å². The molecule has 3 aromatic rings. The Kier molecular flexibility index (Phi) is 6.33. The number of thiazole rings is 1. The second-order valence-electron chi connectivity index (χ2n) is 5.50. The molecule has 28 heavy (non-hydrogen) atoms. The highest BCUT2D eigenvalue weighted by Crippen LogP contribution is 2.27. The van der Waals surface area contributed by atoms with Crippen LogP contribution in [0.15, 0.2) is 41.4 Å². The number of para-hydroxylation sites is 1. The standard InChI is InChI=1S/C18H13Cl2FN2O4S/c1-26-16(25)8-23-17-12(21)3-2-4-14(17)28-18(23)22-15(24)9-27-13-6-5-10(19)7-11(13)20/h2-7H,8-9H2,1H3. The van der Waals surface area contributed by atoms with Crippen LogP contribution in [0.4, 0.5) is 4.39 Å². The van der Waals surface area contributed by atoms with E-state index in [-0.39, 0.29) is 27.6 Å². The molecule has 0 fully saturated rings. The number of esters is 1. The van der Waals surface area contributed by atoms with Crippen molar-refractivity contribution in [3.8, 4) is 5.75 Å². The molecular formula is C18H13Cl2FN2O4S. The van der Waals surface area contributed by atoms with Gasteiger partial charge in [-0.25, -0.2) is 4.39 Å². The number of hydrogen-bond donors (Lipinski definition) is 0. The maximum Gasteiger partial charge on any atom is 0.325 e. The molecule has 0 bridgehead atoms. The zero-order valence-corrected chi connectivity index (χ0v) is 16.8. The number of carbonyl (C=O) groups excluding carboxylic acids is 2. The van der Waals surface area contributed by atoms with E-state index in [2.05, 4.69) is 9.73 Å². The third-order valence-corrected chi connectivity index (χ3v) is 5.21. The van der Waals surface area contributed by atoms with Gasteiger partial charge in [0.15, 0.2) is 11.4 Å². The molecule has 1 heterocycles. The number of hydrogen-bond acceptors (Lipinski definition) is 5. The number of nitrogens with zero attached hydrogens (tertiary/aromatic N) is 2. The number of fused-ring (bicyclic) bond motifs is 1. The molecule has 0 spiro atoms. The monoisotopic (exact) mass is 442 g/mol. The number of ether oxygens (including phenoxy) is 2. The van der Waals surface area contributed by atoms with E-state index in [0.717, 1.165) is 11.3 Å². The Morgan fingerprint density at radius 2 is 2.04 bits per heavy atom. The first-order valence-corrected chi connectivity index (χ1v) is 9.46. The molecular weight excluding hydrogens is 430 g/mol. The molecule has 0 saturated heterocycles. The van der Waals surface area contributed by atoms with Crippen LogP contribution in [0.25, 0.3) is 10.2 Å². The van der Waals surface area contributed by atoms with Gasteiger partial charge in [0.25, 0.3) is 5.91 Å². The molecule has 1 amide bonds. The number of methoxy groups -OCH3 is 1. The summed E-state index contributed by atoms with van der Waals surface area (Å²) < 4.78 is 26.1. The lowest BCUT2D eigenvalue weighted by Crippen LogP contribution is -2.24. The fraction of sp³-hybridized carbons (Fsp3) is 0.167. The molecule has 1 aromatic heterocycles. The van der Waals surface area contributed by atoms with Crippen LogP contribution < -0.4 is 9.54 Å². The summed E-state index contributed by atoms with van der Waals surface area (Å²) in [6.07, 6.45) is 0. The lowest BCUT2D eigenvalue weighted by Gasteiger charge is -2.06. The molecule has 0 atom stereocenters. The average molecular weight is 443 g/mol. The van der Waals surface area contributed by atoms with E-state index >= 15 is 0 Å². The van der Waals surface area contributed by atoms with Crippen molar-refractivity contribution in [1.29, 1.82) is 0 Å². The Balaban J connectivity index is 1.91. The lowest BCUT2D eigenvalue weighted by atomic mass is 10.3. The summed E-state index contributed by atoms with van der Waals surface area (Å²) in [4.78, 5) is 28.1. The van der Waals surface area contributed by atoms with Crippen LogP contribution in [-0.4, -0.2) is 30.2 Å². The van der Waals surface area contributed by atoms with E-state index in [0.29, 0.717) is 9.72 Å². The van der Waals surface area contributed by atoms with Crippen LogP contribution in [0, 0.1) is 5.82 Å². The number of carbonyl (C=O) groups is 2. The first-order valence-electron chi connectivity index (χ1n) is 7.89. The minimum atomic E-state index is -0.628. The molecule has 10 heteroatoms. The summed E-state index contributed by atoms with van der Waals surface area (Å²) in [6, 6.07) is 9.06. The third-order valence-electron chi connectivity index (χ3n) is 3.63. The molecule has 146 valence electrons. The van der Waals surface area contributed by atoms with Gasteiger partial charge in [0.05, 0.1) is 22.3 Å². The summed E-state index contributed by atoms with van der Waals surface area (Å²) in [7, 11) is 1.22. The first kappa shape index (κ1) is 20.3. The Hall–Kier alpha value is -2.42. The Morgan fingerprint density at radius 3 is 2.75 bits per heavy atom. The minimum Gasteiger partial charge on any atom is -0.482 e. The van der Waals surface area contributed by atoms with Crippen molar-refractivity contribution in [2.75, 3.05) is 13.7 Å². The number of halogens is 3. The van der Waals surface area contributed by atoms with Crippen molar-refractivity contribution in [2.45, 2.75) is 6.54 Å². The Morgan fingerprint density at radius 1 is 1.25 bits per heavy atom. The van der Waals surface area contributed by atoms with Crippen LogP contribution in [-0.2, 0) is 20.9 Å². The quantitative estimate of drug-likeness (QED) is 0.563. The van der Waals surface area contributed by atoms with Crippen molar-refractivity contribution in [2.24, 2.45) is 4.99 Å². The second-order valence-corrected chi connectivity index (χ2v) is 7.36. The molecule has 0 saturated carbocycles. The molecule has 0 aliphatic rings. The smallest absolute Gasteiger partial charge is 0.325 e. The Bertz CT molecular complexity index is 1130. The number of benzene rings is 2. The normalized spacial score (nSPS) is 11.6. The molecule has 0 aliphatic carbocycles. The van der Waals surface area contributed by atoms with Crippen molar-refractivity contribution in [3.63, 3.8) is 0 Å². The SMILES string of the molecule is COC(=O)Cn1c(=NC(=O)COc2ccc(Cl)cc2Cl)sc2cccc(F)c21. The third kappa shape index (κ3) is 4.52. The predicted molar refractivity (Wildman–Crippen MR) is 104 cm³/mol. The molecule has 2 aromatic carbocycles. The number of aromatic nitrogens is 1. The number of amides is 1. The highest BCUT2D eigenvalue weighted by molar-refractivity contribution is 7.16. The van der Waals surface area contributed by atoms with E-state index in [9.17, 15) is 14.0 Å². The first-order chi connectivity index (χ1) is 13.4. The van der Waals surface area contributed by atoms with Gasteiger partial charge >= 0.3 is 5.97 Å². The van der Waals surface area contributed by atoms with Crippen LogP contribution in [0.1, 0.15) is 0 Å². The fourth-order valence-corrected chi connectivity index (χ4v) is 3.91. The second kappa shape index (κ2) is 8.72. The average Bonchev–Trinajstić information content (AvgIpc) is 2.99. The summed E-state index contributed by atoms with van der Waals surface area (Å²) in [5, 5.41) is 0.689. The molecule has 6 nitrogen and oxygen atoms in total. The van der Waals surface area contributed by atoms with Gasteiger partial charge in [-0.1, -0.05) is 40.6 Å². The van der Waals surface area contributed by atoms with Gasteiger partial charge in [0.2, 0.25) is 0 Å². The van der Waals surface area contributed by atoms with Crippen molar-refractivity contribution < 1.29 is 23.5 Å². The topological polar surface area (TPSA) is 69.9 Å². The van der Waals surface area contributed by atoms with Gasteiger partial charge in [-0.05, 0) is 30.3 Å². The van der Waals surface area contributed by atoms with Crippen molar-refractivity contribution >= 4 is 56.6 Å². The molecule has 0 N–H and O–H groups in total. The molecule has 0 radical (unpaired) electrons. The fourth-order valence-electron chi connectivity index (χ4n) is 2.38. The highest BCUT2D eigenvalue weighted by Gasteiger charge is 2.15. The van der Waals surface area contributed by atoms with Crippen LogP contribution in [0.2, 0.25) is 10.0 Å². The molecule has 0 unspecified atom stereocenters. The maximum atomic E-state index is 14.3. The van der Waals surface area contributed by atoms with Crippen LogP contribution in [0.3, 0.4) is 0 Å². The summed E-state index contributed by atoms with van der Waals surface area (Å²) in [5.74, 6) is -1.48. The van der Waals surface area contributed by atoms with Gasteiger partial charge in [-0.2, -0.15) is 4.99 Å². The van der Waals surface area contributed by atoms with E-state index in [1.54, 1.807) is 12.1 Å². The van der Waals surface area contributed by atoms with Gasteiger partial charge in [-0.3, -0.25) is 9.59 Å². The van der Waals surface area contributed by atoms with Gasteiger partial charge in [0.1, 0.15) is 18.1 Å². The summed E-state index contributed by atoms with van der Waals surface area (Å²) >= 11 is 12.9. The molecule has 0 aliphatic heterocycles. The zero-order valence-electron chi connectivity index (χ0n) is 14.4. The number of rotatable bonds is 5. The van der Waals surface area contributed by atoms with Gasteiger partial charge in [-0.15, -0.1) is 0 Å². The summed E-state index contributed by atoms with van der Waals surface area (Å²) in [6.45, 7) is -0.677. The largest absolute Gasteiger partial charge is 0.482 e. The van der Waals surface area contributed by atoms with Gasteiger partial charge < -0.3 is 14.0 Å². The highest BCUT2D eigenvalue weighted by atomic mass is 35.5. The van der Waals surface area contributed by atoms with Crippen molar-refractivity contribution in [1.82, 2.24) is 4.57 Å². The summed E-state index contributed by atoms with van der Waals surface area (Å²) in [5.41, 5.74) is 0.172. The van der Waals surface area contributed by atoms with E-state index in [4.69, 9.17) is 27.9 Å². The van der Waals surface area contributed by atoms with Crippen LogP contribution in [0.5, 0.6) is 5.75 Å². The van der Waals surface area contributed by atoms with Crippen LogP contribution >= 0.6 is 34.5 Å². The molecule has 3 rings (SSSR count). The predicted octanol–water partition coefficient (Wildman–Crippen LogP) is 3.83. The minimum absolute atomic E-state index is 0.154. The maximum absolute atomic E-state index is 14.3.